The normalized spacial score (nSPS) is 17.5. The zero-order chi connectivity index (χ0) is 17.1. The van der Waals surface area contributed by atoms with Crippen LogP contribution in [0.3, 0.4) is 0 Å². The van der Waals surface area contributed by atoms with Gasteiger partial charge >= 0.3 is 0 Å². The van der Waals surface area contributed by atoms with Gasteiger partial charge in [-0.05, 0) is 12.1 Å². The quantitative estimate of drug-likeness (QED) is 0.896. The highest BCUT2D eigenvalue weighted by Gasteiger charge is 2.34. The fraction of sp³-hybridized carbons (Fsp3) is 0.438. The summed E-state index contributed by atoms with van der Waals surface area (Å²) in [5.41, 5.74) is 0.817. The number of pyridine rings is 1. The second-order valence-electron chi connectivity index (χ2n) is 6.09. The number of rotatable bonds is 5. The number of carbonyl (C=O) groups excluding carboxylic acids is 2. The molecule has 0 aliphatic carbocycles. The molecule has 1 unspecified atom stereocenters. The molecule has 126 valence electrons. The van der Waals surface area contributed by atoms with Gasteiger partial charge in [0.15, 0.2) is 0 Å². The van der Waals surface area contributed by atoms with Crippen molar-refractivity contribution in [1.82, 2.24) is 20.1 Å². The third-order valence-electron chi connectivity index (χ3n) is 3.83. The summed E-state index contributed by atoms with van der Waals surface area (Å²) in [7, 11) is 0. The Bertz CT molecular complexity index is 731. The van der Waals surface area contributed by atoms with Crippen LogP contribution >= 0.6 is 11.3 Å². The van der Waals surface area contributed by atoms with Gasteiger partial charge in [0.05, 0.1) is 18.2 Å². The molecule has 2 amide bonds. The first-order valence-corrected chi connectivity index (χ1v) is 8.66. The molecular formula is C16H19N5O2S. The Morgan fingerprint density at radius 3 is 2.92 bits per heavy atom. The van der Waals surface area contributed by atoms with Crippen molar-refractivity contribution in [3.05, 3.63) is 35.1 Å². The molecule has 8 heteroatoms. The largest absolute Gasteiger partial charge is 0.336 e. The third-order valence-corrected chi connectivity index (χ3v) is 4.97. The number of anilines is 1. The van der Waals surface area contributed by atoms with Gasteiger partial charge in [-0.15, -0.1) is 10.2 Å². The molecule has 0 radical (unpaired) electrons. The smallest absolute Gasteiger partial charge is 0.231 e. The van der Waals surface area contributed by atoms with E-state index in [2.05, 4.69) is 20.5 Å². The lowest BCUT2D eigenvalue weighted by Crippen LogP contribution is -2.28. The molecule has 1 aliphatic rings. The monoisotopic (exact) mass is 345 g/mol. The lowest BCUT2D eigenvalue weighted by Gasteiger charge is -2.15. The van der Waals surface area contributed by atoms with Crippen molar-refractivity contribution in [2.45, 2.75) is 32.7 Å². The first kappa shape index (κ1) is 16.5. The molecular weight excluding hydrogens is 326 g/mol. The Hall–Kier alpha value is -2.35. The summed E-state index contributed by atoms with van der Waals surface area (Å²) in [5, 5.41) is 12.2. The van der Waals surface area contributed by atoms with Crippen molar-refractivity contribution >= 4 is 28.3 Å². The Morgan fingerprint density at radius 1 is 1.42 bits per heavy atom. The van der Waals surface area contributed by atoms with Gasteiger partial charge in [-0.1, -0.05) is 31.3 Å². The average molecular weight is 345 g/mol. The lowest BCUT2D eigenvalue weighted by molar-refractivity contribution is -0.128. The third kappa shape index (κ3) is 3.76. The van der Waals surface area contributed by atoms with Gasteiger partial charge in [0.25, 0.3) is 0 Å². The molecule has 0 bridgehead atoms. The molecule has 1 N–H and O–H groups in total. The van der Waals surface area contributed by atoms with Gasteiger partial charge in [-0.3, -0.25) is 14.6 Å². The molecule has 0 spiro atoms. The summed E-state index contributed by atoms with van der Waals surface area (Å²) in [6.07, 6.45) is 1.91. The van der Waals surface area contributed by atoms with Crippen molar-refractivity contribution in [3.63, 3.8) is 0 Å². The van der Waals surface area contributed by atoms with Gasteiger partial charge < -0.3 is 10.2 Å². The predicted octanol–water partition coefficient (Wildman–Crippen LogP) is 2.04. The lowest BCUT2D eigenvalue weighted by atomic mass is 10.1. The number of nitrogens with zero attached hydrogens (tertiary/aromatic N) is 4. The molecule has 0 saturated carbocycles. The Balaban J connectivity index is 1.59. The molecule has 1 atom stereocenters. The van der Waals surface area contributed by atoms with Gasteiger partial charge in [0.2, 0.25) is 16.9 Å². The Morgan fingerprint density at radius 2 is 2.25 bits per heavy atom. The molecule has 3 rings (SSSR count). The van der Waals surface area contributed by atoms with Gasteiger partial charge in [-0.25, -0.2) is 0 Å². The number of nitrogens with one attached hydrogen (secondary N) is 1. The van der Waals surface area contributed by atoms with Crippen LogP contribution in [0.1, 0.15) is 36.9 Å². The molecule has 1 aliphatic heterocycles. The maximum absolute atomic E-state index is 12.4. The minimum Gasteiger partial charge on any atom is -0.336 e. The summed E-state index contributed by atoms with van der Waals surface area (Å²) in [5.74, 6) is -0.304. The zero-order valence-corrected chi connectivity index (χ0v) is 14.4. The fourth-order valence-electron chi connectivity index (χ4n) is 2.51. The highest BCUT2D eigenvalue weighted by Crippen LogP contribution is 2.25. The van der Waals surface area contributed by atoms with E-state index in [4.69, 9.17) is 0 Å². The first-order valence-electron chi connectivity index (χ1n) is 7.85. The van der Waals surface area contributed by atoms with E-state index in [9.17, 15) is 9.59 Å². The van der Waals surface area contributed by atoms with Crippen LogP contribution in [-0.2, 0) is 16.1 Å². The van der Waals surface area contributed by atoms with Gasteiger partial charge in [0, 0.05) is 25.1 Å². The van der Waals surface area contributed by atoms with Crippen LogP contribution in [-0.4, -0.2) is 38.4 Å². The van der Waals surface area contributed by atoms with Crippen molar-refractivity contribution in [2.75, 3.05) is 11.9 Å². The highest BCUT2D eigenvalue weighted by atomic mass is 32.1. The molecule has 3 heterocycles. The molecule has 2 aromatic heterocycles. The van der Waals surface area contributed by atoms with E-state index in [1.165, 1.54) is 11.3 Å². The second-order valence-corrected chi connectivity index (χ2v) is 7.09. The number of hydrogen-bond acceptors (Lipinski definition) is 6. The zero-order valence-electron chi connectivity index (χ0n) is 13.6. The van der Waals surface area contributed by atoms with Crippen LogP contribution in [0.5, 0.6) is 0 Å². The van der Waals surface area contributed by atoms with Gasteiger partial charge in [-0.2, -0.15) is 0 Å². The van der Waals surface area contributed by atoms with E-state index in [0.29, 0.717) is 18.2 Å². The maximum Gasteiger partial charge on any atom is 0.231 e. The van der Waals surface area contributed by atoms with E-state index in [0.717, 1.165) is 10.7 Å². The number of amides is 2. The predicted molar refractivity (Wildman–Crippen MR) is 90.4 cm³/mol. The highest BCUT2D eigenvalue weighted by molar-refractivity contribution is 7.15. The standard InChI is InChI=1S/C16H19N5O2S/c1-10(2)15-19-20-16(24-15)18-14(23)11-7-13(22)21(8-11)9-12-5-3-4-6-17-12/h3-6,10-11H,7-9H2,1-2H3,(H,18,20,23). The average Bonchev–Trinajstić information content (AvgIpc) is 3.16. The second kappa shape index (κ2) is 7.04. The summed E-state index contributed by atoms with van der Waals surface area (Å²) in [6.45, 7) is 4.88. The molecule has 7 nitrogen and oxygen atoms in total. The molecule has 1 fully saturated rings. The van der Waals surface area contributed by atoms with E-state index < -0.39 is 0 Å². The summed E-state index contributed by atoms with van der Waals surface area (Å²) >= 11 is 1.37. The summed E-state index contributed by atoms with van der Waals surface area (Å²) in [4.78, 5) is 30.4. The number of carbonyl (C=O) groups is 2. The molecule has 24 heavy (non-hydrogen) atoms. The SMILES string of the molecule is CC(C)c1nnc(NC(=O)C2CC(=O)N(Cc3ccccn3)C2)s1. The summed E-state index contributed by atoms with van der Waals surface area (Å²) < 4.78 is 0. The van der Waals surface area contributed by atoms with E-state index in [1.54, 1.807) is 11.1 Å². The van der Waals surface area contributed by atoms with Crippen molar-refractivity contribution in [3.8, 4) is 0 Å². The number of aromatic nitrogens is 3. The fourth-order valence-corrected chi connectivity index (χ4v) is 3.26. The minimum absolute atomic E-state index is 0.0269. The maximum atomic E-state index is 12.4. The molecule has 0 aromatic carbocycles. The van der Waals surface area contributed by atoms with E-state index in [-0.39, 0.29) is 30.1 Å². The summed E-state index contributed by atoms with van der Waals surface area (Å²) in [6, 6.07) is 5.59. The van der Waals surface area contributed by atoms with Crippen LogP contribution in [0.4, 0.5) is 5.13 Å². The van der Waals surface area contributed by atoms with Crippen LogP contribution in [0.2, 0.25) is 0 Å². The molecule has 2 aromatic rings. The Labute approximate surface area is 144 Å². The van der Waals surface area contributed by atoms with Crippen LogP contribution < -0.4 is 5.32 Å². The van der Waals surface area contributed by atoms with Crippen molar-refractivity contribution in [2.24, 2.45) is 5.92 Å². The van der Waals surface area contributed by atoms with Crippen LogP contribution in [0.15, 0.2) is 24.4 Å². The van der Waals surface area contributed by atoms with Gasteiger partial charge in [0.1, 0.15) is 5.01 Å². The van der Waals surface area contributed by atoms with Crippen molar-refractivity contribution in [1.29, 1.82) is 0 Å². The topological polar surface area (TPSA) is 88.1 Å². The minimum atomic E-state index is -0.368. The Kier molecular flexibility index (Phi) is 4.84. The first-order chi connectivity index (χ1) is 11.5. The number of likely N-dealkylation sites (tertiary alicyclic amines) is 1. The van der Waals surface area contributed by atoms with Crippen LogP contribution in [0.25, 0.3) is 0 Å². The van der Waals surface area contributed by atoms with E-state index >= 15 is 0 Å². The number of hydrogen-bond donors (Lipinski definition) is 1. The van der Waals surface area contributed by atoms with E-state index in [1.807, 2.05) is 32.0 Å². The molecule has 1 saturated heterocycles. The van der Waals surface area contributed by atoms with Crippen molar-refractivity contribution < 1.29 is 9.59 Å². The van der Waals surface area contributed by atoms with Crippen LogP contribution in [0, 0.1) is 5.92 Å².